The summed E-state index contributed by atoms with van der Waals surface area (Å²) in [4.78, 5) is 10.6. The van der Waals surface area contributed by atoms with Gasteiger partial charge in [-0.25, -0.2) is 0 Å². The summed E-state index contributed by atoms with van der Waals surface area (Å²) in [6.07, 6.45) is 1.91. The van der Waals surface area contributed by atoms with E-state index in [0.29, 0.717) is 6.61 Å². The van der Waals surface area contributed by atoms with Crippen LogP contribution >= 0.6 is 0 Å². The molecule has 104 valence electrons. The molecular weight excluding hydrogens is 242 g/mol. The predicted octanol–water partition coefficient (Wildman–Crippen LogP) is 2.29. The van der Waals surface area contributed by atoms with Gasteiger partial charge in [0.15, 0.2) is 0 Å². The Hall–Kier alpha value is -1.81. The van der Waals surface area contributed by atoms with Gasteiger partial charge < -0.3 is 14.8 Å². The largest absolute Gasteiger partial charge is 0.497 e. The summed E-state index contributed by atoms with van der Waals surface area (Å²) >= 11 is 0. The number of carbonyl (C=O) groups is 1. The molecule has 0 fully saturated rings. The van der Waals surface area contributed by atoms with Crippen LogP contribution in [0, 0.1) is 0 Å². The molecule has 1 rings (SSSR count). The van der Waals surface area contributed by atoms with Crippen molar-refractivity contribution >= 4 is 5.97 Å². The van der Waals surface area contributed by atoms with E-state index in [1.807, 2.05) is 37.3 Å². The first kappa shape index (κ1) is 15.2. The minimum absolute atomic E-state index is 0.254. The quantitative estimate of drug-likeness (QED) is 0.605. The van der Waals surface area contributed by atoms with E-state index in [2.05, 4.69) is 5.32 Å². The first-order chi connectivity index (χ1) is 9.11. The molecule has 0 saturated heterocycles. The molecule has 0 spiro atoms. The van der Waals surface area contributed by atoms with Crippen LogP contribution in [-0.2, 0) is 16.1 Å². The number of hydrogen-bond donors (Lipinski definition) is 1. The fourth-order valence-electron chi connectivity index (χ4n) is 1.52. The number of nitrogens with one attached hydrogen (secondary N) is 1. The van der Waals surface area contributed by atoms with Crippen LogP contribution in [0.4, 0.5) is 0 Å². The Morgan fingerprint density at radius 3 is 2.53 bits per heavy atom. The summed E-state index contributed by atoms with van der Waals surface area (Å²) in [5.74, 6) is 0.608. The third-order valence-electron chi connectivity index (χ3n) is 2.61. The van der Waals surface area contributed by atoms with Crippen LogP contribution in [0.5, 0.6) is 5.75 Å². The van der Waals surface area contributed by atoms with Crippen molar-refractivity contribution in [1.82, 2.24) is 5.32 Å². The zero-order chi connectivity index (χ0) is 14.1. The molecule has 0 aliphatic carbocycles. The lowest BCUT2D eigenvalue weighted by Gasteiger charge is -2.06. The molecule has 0 aromatic heterocycles. The molecule has 1 N–H and O–H groups in total. The van der Waals surface area contributed by atoms with Crippen molar-refractivity contribution in [2.45, 2.75) is 20.4 Å². The molecule has 0 amide bonds. The van der Waals surface area contributed by atoms with E-state index >= 15 is 0 Å². The molecule has 1 aromatic rings. The molecular formula is C15H21NO3. The Balaban J connectivity index is 2.26. The first-order valence-corrected chi connectivity index (χ1v) is 6.24. The predicted molar refractivity (Wildman–Crippen MR) is 75.1 cm³/mol. The summed E-state index contributed by atoms with van der Waals surface area (Å²) in [5.41, 5.74) is 2.35. The van der Waals surface area contributed by atoms with Gasteiger partial charge in [-0.3, -0.25) is 4.79 Å². The first-order valence-electron chi connectivity index (χ1n) is 6.24. The van der Waals surface area contributed by atoms with E-state index in [4.69, 9.17) is 9.47 Å². The number of hydrogen-bond acceptors (Lipinski definition) is 4. The number of ether oxygens (including phenoxy) is 2. The third-order valence-corrected chi connectivity index (χ3v) is 2.61. The van der Waals surface area contributed by atoms with Gasteiger partial charge in [-0.15, -0.1) is 0 Å². The Morgan fingerprint density at radius 1 is 1.26 bits per heavy atom. The molecule has 0 aliphatic heterocycles. The van der Waals surface area contributed by atoms with Crippen molar-refractivity contribution in [3.05, 3.63) is 41.5 Å². The van der Waals surface area contributed by atoms with Gasteiger partial charge in [-0.05, 0) is 30.7 Å². The lowest BCUT2D eigenvalue weighted by Crippen LogP contribution is -2.16. The van der Waals surface area contributed by atoms with E-state index in [-0.39, 0.29) is 5.97 Å². The third kappa shape index (κ3) is 6.62. The molecule has 4 nitrogen and oxygen atoms in total. The fourth-order valence-corrected chi connectivity index (χ4v) is 1.52. The number of esters is 1. The average molecular weight is 263 g/mol. The molecule has 0 radical (unpaired) electrons. The van der Waals surface area contributed by atoms with Crippen LogP contribution in [0.25, 0.3) is 0 Å². The highest BCUT2D eigenvalue weighted by Gasteiger charge is 1.95. The van der Waals surface area contributed by atoms with Crippen LogP contribution < -0.4 is 10.1 Å². The van der Waals surface area contributed by atoms with Crippen LogP contribution in [0.3, 0.4) is 0 Å². The molecule has 0 atom stereocenters. The highest BCUT2D eigenvalue weighted by atomic mass is 16.5. The Bertz CT molecular complexity index is 424. The van der Waals surface area contributed by atoms with Gasteiger partial charge >= 0.3 is 5.97 Å². The molecule has 0 saturated carbocycles. The van der Waals surface area contributed by atoms with Gasteiger partial charge in [-0.1, -0.05) is 17.7 Å². The van der Waals surface area contributed by atoms with Crippen molar-refractivity contribution in [1.29, 1.82) is 0 Å². The van der Waals surface area contributed by atoms with E-state index in [0.717, 1.165) is 24.4 Å². The number of benzene rings is 1. The summed E-state index contributed by atoms with van der Waals surface area (Å²) in [6, 6.07) is 7.95. The van der Waals surface area contributed by atoms with Crippen LogP contribution in [0.1, 0.15) is 19.4 Å². The summed E-state index contributed by atoms with van der Waals surface area (Å²) in [6.45, 7) is 5.32. The summed E-state index contributed by atoms with van der Waals surface area (Å²) in [7, 11) is 1.66. The van der Waals surface area contributed by atoms with E-state index in [1.54, 1.807) is 7.11 Å². The van der Waals surface area contributed by atoms with Crippen molar-refractivity contribution in [2.75, 3.05) is 20.3 Å². The van der Waals surface area contributed by atoms with Gasteiger partial charge in [0.05, 0.1) is 7.11 Å². The van der Waals surface area contributed by atoms with Crippen LogP contribution in [0.15, 0.2) is 35.9 Å². The molecule has 1 aromatic carbocycles. The topological polar surface area (TPSA) is 47.6 Å². The Morgan fingerprint density at radius 2 is 1.95 bits per heavy atom. The van der Waals surface area contributed by atoms with Crippen LogP contribution in [0.2, 0.25) is 0 Å². The zero-order valence-electron chi connectivity index (χ0n) is 11.7. The highest BCUT2D eigenvalue weighted by molar-refractivity contribution is 5.66. The SMILES string of the molecule is COc1ccc(CNC/C(C)=C/COC(C)=O)cc1. The molecule has 19 heavy (non-hydrogen) atoms. The number of carbonyl (C=O) groups excluding carboxylic acids is 1. The number of rotatable bonds is 7. The van der Waals surface area contributed by atoms with Gasteiger partial charge in [0.1, 0.15) is 12.4 Å². The zero-order valence-corrected chi connectivity index (χ0v) is 11.7. The fraction of sp³-hybridized carbons (Fsp3) is 0.400. The van der Waals surface area contributed by atoms with Gasteiger partial charge in [0.2, 0.25) is 0 Å². The number of methoxy groups -OCH3 is 1. The van der Waals surface area contributed by atoms with Crippen molar-refractivity contribution in [3.8, 4) is 5.75 Å². The maximum atomic E-state index is 10.6. The van der Waals surface area contributed by atoms with Gasteiger partial charge in [-0.2, -0.15) is 0 Å². The Labute approximate surface area is 114 Å². The minimum Gasteiger partial charge on any atom is -0.497 e. The van der Waals surface area contributed by atoms with Crippen LogP contribution in [-0.4, -0.2) is 26.2 Å². The summed E-state index contributed by atoms with van der Waals surface area (Å²) in [5, 5.41) is 3.33. The van der Waals surface area contributed by atoms with Crippen molar-refractivity contribution in [2.24, 2.45) is 0 Å². The standard InChI is InChI=1S/C15H21NO3/c1-12(8-9-19-13(2)17)10-16-11-14-4-6-15(18-3)7-5-14/h4-8,16H,9-11H2,1-3H3/b12-8+. The smallest absolute Gasteiger partial charge is 0.302 e. The monoisotopic (exact) mass is 263 g/mol. The molecule has 0 aliphatic rings. The van der Waals surface area contributed by atoms with Crippen molar-refractivity contribution in [3.63, 3.8) is 0 Å². The second-order valence-electron chi connectivity index (χ2n) is 4.30. The molecule has 0 unspecified atom stereocenters. The summed E-state index contributed by atoms with van der Waals surface area (Å²) < 4.78 is 9.95. The minimum atomic E-state index is -0.254. The van der Waals surface area contributed by atoms with E-state index < -0.39 is 0 Å². The van der Waals surface area contributed by atoms with E-state index in [1.165, 1.54) is 12.5 Å². The second-order valence-corrected chi connectivity index (χ2v) is 4.30. The lowest BCUT2D eigenvalue weighted by molar-refractivity contribution is -0.139. The maximum absolute atomic E-state index is 10.6. The lowest BCUT2D eigenvalue weighted by atomic mass is 10.2. The van der Waals surface area contributed by atoms with Gasteiger partial charge in [0, 0.05) is 20.0 Å². The van der Waals surface area contributed by atoms with Gasteiger partial charge in [0.25, 0.3) is 0 Å². The Kier molecular flexibility index (Phi) is 6.68. The maximum Gasteiger partial charge on any atom is 0.302 e. The average Bonchev–Trinajstić information content (AvgIpc) is 2.39. The molecule has 0 heterocycles. The van der Waals surface area contributed by atoms with E-state index in [9.17, 15) is 4.79 Å². The highest BCUT2D eigenvalue weighted by Crippen LogP contribution is 2.10. The normalized spacial score (nSPS) is 11.2. The molecule has 4 heteroatoms. The van der Waals surface area contributed by atoms with Crippen molar-refractivity contribution < 1.29 is 14.3 Å². The second kappa shape index (κ2) is 8.32. The molecule has 0 bridgehead atoms.